The predicted molar refractivity (Wildman–Crippen MR) is 200 cm³/mol. The summed E-state index contributed by atoms with van der Waals surface area (Å²) < 4.78 is 39.7. The van der Waals surface area contributed by atoms with Crippen LogP contribution in [0, 0.1) is 0 Å². The molecule has 0 unspecified atom stereocenters. The van der Waals surface area contributed by atoms with Crippen molar-refractivity contribution in [1.29, 1.82) is 0 Å². The second-order valence-corrected chi connectivity index (χ2v) is 16.7. The van der Waals surface area contributed by atoms with Crippen LogP contribution in [0.1, 0.15) is 67.3 Å². The second-order valence-electron chi connectivity index (χ2n) is 14.1. The fraction of sp³-hybridized carbons (Fsp3) is 0.268. The first-order valence-corrected chi connectivity index (χ1v) is 19.0. The number of ether oxygens (including phenoxy) is 2. The highest BCUT2D eigenvalue weighted by Crippen LogP contribution is 2.48. The molecule has 54 heavy (non-hydrogen) atoms. The van der Waals surface area contributed by atoms with Crippen LogP contribution in [0.5, 0.6) is 0 Å². The average Bonchev–Trinajstić information content (AvgIpc) is 3.68. The van der Waals surface area contributed by atoms with Gasteiger partial charge in [0.15, 0.2) is 33.6 Å². The summed E-state index contributed by atoms with van der Waals surface area (Å²) in [6.07, 6.45) is 1.11. The Bertz CT molecular complexity index is 2200. The van der Waals surface area contributed by atoms with E-state index in [1.54, 1.807) is 13.8 Å². The molecule has 0 saturated carbocycles. The number of rotatable bonds is 12. The van der Waals surface area contributed by atoms with Gasteiger partial charge >= 0.3 is 11.9 Å². The van der Waals surface area contributed by atoms with Gasteiger partial charge in [0.2, 0.25) is 5.91 Å². The Kier molecular flexibility index (Phi) is 9.75. The summed E-state index contributed by atoms with van der Waals surface area (Å²) in [4.78, 5) is 46.2. The minimum absolute atomic E-state index is 0.224. The highest BCUT2D eigenvalue weighted by molar-refractivity contribution is 7.93. The lowest BCUT2D eigenvalue weighted by Crippen LogP contribution is -2.58. The fourth-order valence-corrected chi connectivity index (χ4v) is 9.28. The maximum atomic E-state index is 14.2. The highest BCUT2D eigenvalue weighted by Gasteiger charge is 2.70. The van der Waals surface area contributed by atoms with Crippen LogP contribution >= 0.6 is 0 Å². The maximum absolute atomic E-state index is 14.2. The summed E-state index contributed by atoms with van der Waals surface area (Å²) in [7, 11) is -4.09. The van der Waals surface area contributed by atoms with Gasteiger partial charge in [0.25, 0.3) is 0 Å². The molecule has 13 heteroatoms. The van der Waals surface area contributed by atoms with Crippen molar-refractivity contribution in [2.24, 2.45) is 4.99 Å². The van der Waals surface area contributed by atoms with Gasteiger partial charge < -0.3 is 14.4 Å². The molecule has 7 rings (SSSR count). The Balaban J connectivity index is 1.11. The Hall–Kier alpha value is -5.95. The molecular formula is C41H39N5O7S. The molecule has 2 saturated heterocycles. The number of fused-ring (bicyclic) bond motifs is 1. The number of benzene rings is 4. The first-order valence-electron chi connectivity index (χ1n) is 17.5. The smallest absolute Gasteiger partial charge is 0.334 e. The van der Waals surface area contributed by atoms with Gasteiger partial charge in [-0.05, 0) is 43.0 Å². The lowest BCUT2D eigenvalue weighted by molar-refractivity contribution is -0.164. The molecule has 0 N–H and O–H groups in total. The van der Waals surface area contributed by atoms with Crippen LogP contribution in [0.3, 0.4) is 0 Å². The number of hydrogen-bond donors (Lipinski definition) is 0. The lowest BCUT2D eigenvalue weighted by Gasteiger charge is -2.37. The summed E-state index contributed by atoms with van der Waals surface area (Å²) in [5, 5.41) is 7.12. The van der Waals surface area contributed by atoms with Crippen molar-refractivity contribution in [2.45, 2.75) is 67.6 Å². The number of carbonyl (C=O) groups excluding carboxylic acids is 3. The third kappa shape index (κ3) is 6.82. The van der Waals surface area contributed by atoms with Crippen LogP contribution < -0.4 is 0 Å². The van der Waals surface area contributed by atoms with Crippen LogP contribution in [0.2, 0.25) is 0 Å². The molecule has 2 aliphatic rings. The third-order valence-electron chi connectivity index (χ3n) is 9.96. The van der Waals surface area contributed by atoms with Crippen molar-refractivity contribution in [1.82, 2.24) is 19.9 Å². The number of esters is 2. The van der Waals surface area contributed by atoms with Crippen molar-refractivity contribution in [3.63, 3.8) is 0 Å². The van der Waals surface area contributed by atoms with E-state index in [0.717, 1.165) is 16.0 Å². The summed E-state index contributed by atoms with van der Waals surface area (Å²) >= 11 is 0. The quantitative estimate of drug-likeness (QED) is 0.0948. The minimum atomic E-state index is -4.09. The zero-order chi connectivity index (χ0) is 38.1. The molecule has 0 radical (unpaired) electrons. The Labute approximate surface area is 313 Å². The van der Waals surface area contributed by atoms with Gasteiger partial charge in [0, 0.05) is 0 Å². The number of β-lactam (4-membered cyclic amide) rings is 1. The molecule has 3 heterocycles. The van der Waals surface area contributed by atoms with E-state index >= 15 is 0 Å². The Morgan fingerprint density at radius 3 is 1.76 bits per heavy atom. The molecule has 3 atom stereocenters. The number of carbonyl (C=O) groups is 3. The van der Waals surface area contributed by atoms with Crippen molar-refractivity contribution < 1.29 is 32.3 Å². The van der Waals surface area contributed by atoms with Gasteiger partial charge in [-0.25, -0.2) is 18.0 Å². The van der Waals surface area contributed by atoms with Gasteiger partial charge in [-0.15, -0.1) is 5.10 Å². The monoisotopic (exact) mass is 745 g/mol. The first-order chi connectivity index (χ1) is 25.9. The van der Waals surface area contributed by atoms with E-state index in [1.165, 1.54) is 24.0 Å². The molecule has 2 fully saturated rings. The van der Waals surface area contributed by atoms with E-state index in [1.807, 2.05) is 121 Å². The SMILES string of the molecule is CC(C)(N=Cc1cn(C[C@@]2(C)[C@H](C(=O)OC(c3ccccc3)c3ccccc3)N3C(=O)C[C@H]3S2(=O)=O)nn1)C(=O)OC(c1ccccc1)c1ccccc1. The number of hydrogen-bond acceptors (Lipinski definition) is 10. The molecular weight excluding hydrogens is 707 g/mol. The molecule has 12 nitrogen and oxygen atoms in total. The first kappa shape index (κ1) is 36.4. The van der Waals surface area contributed by atoms with Gasteiger partial charge in [-0.3, -0.25) is 14.5 Å². The third-order valence-corrected chi connectivity index (χ3v) is 12.7. The fourth-order valence-electron chi connectivity index (χ4n) is 6.92. The summed E-state index contributed by atoms with van der Waals surface area (Å²) in [5.74, 6) is -1.87. The van der Waals surface area contributed by atoms with Crippen molar-refractivity contribution >= 4 is 33.9 Å². The van der Waals surface area contributed by atoms with Crippen LogP contribution in [-0.2, 0) is 40.2 Å². The normalized spacial score (nSPS) is 20.5. The molecule has 1 amide bonds. The summed E-state index contributed by atoms with van der Waals surface area (Å²) in [5.41, 5.74) is 1.90. The molecule has 2 aliphatic heterocycles. The van der Waals surface area contributed by atoms with E-state index in [-0.39, 0.29) is 18.7 Å². The Morgan fingerprint density at radius 2 is 1.30 bits per heavy atom. The van der Waals surface area contributed by atoms with E-state index in [2.05, 4.69) is 15.3 Å². The van der Waals surface area contributed by atoms with Gasteiger partial charge in [-0.2, -0.15) is 0 Å². The van der Waals surface area contributed by atoms with Crippen LogP contribution in [0.25, 0.3) is 0 Å². The molecule has 1 aromatic heterocycles. The van der Waals surface area contributed by atoms with E-state index in [9.17, 15) is 22.8 Å². The lowest BCUT2D eigenvalue weighted by atomic mass is 9.95. The van der Waals surface area contributed by atoms with E-state index < -0.39 is 61.6 Å². The van der Waals surface area contributed by atoms with Gasteiger partial charge in [0.1, 0.15) is 15.8 Å². The summed E-state index contributed by atoms with van der Waals surface area (Å²) in [6, 6.07) is 35.6. The zero-order valence-electron chi connectivity index (χ0n) is 29.9. The number of sulfone groups is 1. The highest BCUT2D eigenvalue weighted by atomic mass is 32.2. The summed E-state index contributed by atoms with van der Waals surface area (Å²) in [6.45, 7) is 4.36. The zero-order valence-corrected chi connectivity index (χ0v) is 30.7. The van der Waals surface area contributed by atoms with Crippen molar-refractivity contribution in [2.75, 3.05) is 0 Å². The van der Waals surface area contributed by atoms with Crippen LogP contribution in [0.4, 0.5) is 0 Å². The largest absolute Gasteiger partial charge is 0.451 e. The topological polar surface area (TPSA) is 150 Å². The minimum Gasteiger partial charge on any atom is -0.451 e. The molecule has 0 aliphatic carbocycles. The second kappa shape index (κ2) is 14.5. The molecule has 0 bridgehead atoms. The number of nitrogens with zero attached hydrogens (tertiary/aromatic N) is 5. The maximum Gasteiger partial charge on any atom is 0.334 e. The van der Waals surface area contributed by atoms with Crippen molar-refractivity contribution in [3.8, 4) is 0 Å². The standard InChI is InChI=1S/C41H39N5O7S/c1-40(2,39(49)53-36(30-20-12-6-13-21-30)31-22-14-7-15-23-31)42-25-32-26-45(44-43-32)27-41(3)37(46-33(47)24-34(46)54(41,50)51)38(48)52-35(28-16-8-4-9-17-28)29-18-10-5-11-19-29/h4-23,25-26,34-37H,24,27H2,1-3H3/t34-,37+,41+/m1/s1. The predicted octanol–water partition coefficient (Wildman–Crippen LogP) is 5.26. The van der Waals surface area contributed by atoms with Gasteiger partial charge in [0.05, 0.1) is 25.4 Å². The molecule has 0 spiro atoms. The number of amides is 1. The van der Waals surface area contributed by atoms with E-state index in [0.29, 0.717) is 11.1 Å². The molecule has 4 aromatic carbocycles. The number of aliphatic imine (C=N–C) groups is 1. The van der Waals surface area contributed by atoms with Crippen LogP contribution in [0.15, 0.2) is 133 Å². The Morgan fingerprint density at radius 1 is 0.833 bits per heavy atom. The molecule has 5 aromatic rings. The molecule has 276 valence electrons. The van der Waals surface area contributed by atoms with Crippen molar-refractivity contribution in [3.05, 3.63) is 155 Å². The average molecular weight is 746 g/mol. The van der Waals surface area contributed by atoms with Gasteiger partial charge in [-0.1, -0.05) is 127 Å². The van der Waals surface area contributed by atoms with Crippen LogP contribution in [-0.4, -0.2) is 74.1 Å². The number of aromatic nitrogens is 3. The van der Waals surface area contributed by atoms with E-state index in [4.69, 9.17) is 9.47 Å².